The highest BCUT2D eigenvalue weighted by Crippen LogP contribution is 2.32. The van der Waals surface area contributed by atoms with Gasteiger partial charge in [0.1, 0.15) is 5.75 Å². The van der Waals surface area contributed by atoms with Gasteiger partial charge in [-0.3, -0.25) is 0 Å². The zero-order valence-electron chi connectivity index (χ0n) is 8.52. The molecule has 0 radical (unpaired) electrons. The van der Waals surface area contributed by atoms with E-state index in [0.29, 0.717) is 5.92 Å². The number of hydrogen-bond acceptors (Lipinski definition) is 1. The van der Waals surface area contributed by atoms with Gasteiger partial charge < -0.3 is 4.74 Å². The summed E-state index contributed by atoms with van der Waals surface area (Å²) in [4.78, 5) is 0. The normalized spacial score (nSPS) is 10.6. The molecule has 0 spiro atoms. The minimum Gasteiger partial charge on any atom is -0.496 e. The average Bonchev–Trinajstić information content (AvgIpc) is 2.02. The van der Waals surface area contributed by atoms with Crippen molar-refractivity contribution >= 4 is 15.9 Å². The molecule has 0 amide bonds. The van der Waals surface area contributed by atoms with Crippen molar-refractivity contribution in [3.05, 3.63) is 27.7 Å². The predicted octanol–water partition coefficient (Wildman–Crippen LogP) is 3.89. The first-order chi connectivity index (χ1) is 6.06. The molecule has 0 fully saturated rings. The summed E-state index contributed by atoms with van der Waals surface area (Å²) >= 11 is 3.49. The van der Waals surface area contributed by atoms with E-state index in [4.69, 9.17) is 4.74 Å². The van der Waals surface area contributed by atoms with E-state index in [9.17, 15) is 0 Å². The molecule has 1 rings (SSSR count). The predicted molar refractivity (Wildman–Crippen MR) is 59.5 cm³/mol. The van der Waals surface area contributed by atoms with E-state index in [-0.39, 0.29) is 0 Å². The summed E-state index contributed by atoms with van der Waals surface area (Å²) < 4.78 is 6.49. The van der Waals surface area contributed by atoms with Gasteiger partial charge >= 0.3 is 0 Å². The molecule has 0 aliphatic rings. The Kier molecular flexibility index (Phi) is 3.37. The summed E-state index contributed by atoms with van der Waals surface area (Å²) in [6.07, 6.45) is 0. The van der Waals surface area contributed by atoms with Gasteiger partial charge in [0.05, 0.1) is 7.11 Å². The fraction of sp³-hybridized carbons (Fsp3) is 0.455. The number of aryl methyl sites for hydroxylation is 1. The standard InChI is InChI=1S/C11H15BrO/c1-7(2)10-6-9(12)5-8(3)11(10)13-4/h5-7H,1-4H3. The van der Waals surface area contributed by atoms with E-state index in [1.165, 1.54) is 11.1 Å². The summed E-state index contributed by atoms with van der Waals surface area (Å²) in [5.41, 5.74) is 2.44. The maximum Gasteiger partial charge on any atom is 0.125 e. The third kappa shape index (κ3) is 2.25. The largest absolute Gasteiger partial charge is 0.496 e. The molecule has 0 aromatic heterocycles. The highest BCUT2D eigenvalue weighted by molar-refractivity contribution is 9.10. The molecule has 0 bridgehead atoms. The lowest BCUT2D eigenvalue weighted by atomic mass is 10.00. The van der Waals surface area contributed by atoms with Gasteiger partial charge in [0, 0.05) is 4.47 Å². The van der Waals surface area contributed by atoms with Gasteiger partial charge in [0.25, 0.3) is 0 Å². The van der Waals surface area contributed by atoms with Crippen molar-refractivity contribution in [1.29, 1.82) is 0 Å². The molecule has 0 heterocycles. The molecule has 0 aliphatic heterocycles. The van der Waals surface area contributed by atoms with Crippen LogP contribution in [0, 0.1) is 6.92 Å². The highest BCUT2D eigenvalue weighted by atomic mass is 79.9. The van der Waals surface area contributed by atoms with Crippen LogP contribution in [0.5, 0.6) is 5.75 Å². The number of methoxy groups -OCH3 is 1. The highest BCUT2D eigenvalue weighted by Gasteiger charge is 2.10. The molecule has 1 aromatic carbocycles. The SMILES string of the molecule is COc1c(C)cc(Br)cc1C(C)C. The lowest BCUT2D eigenvalue weighted by Gasteiger charge is -2.14. The van der Waals surface area contributed by atoms with Crippen LogP contribution in [0.3, 0.4) is 0 Å². The molecule has 0 aliphatic carbocycles. The third-order valence-electron chi connectivity index (χ3n) is 2.09. The topological polar surface area (TPSA) is 9.23 Å². The van der Waals surface area contributed by atoms with Gasteiger partial charge in [-0.25, -0.2) is 0 Å². The van der Waals surface area contributed by atoms with Crippen LogP contribution in [-0.4, -0.2) is 7.11 Å². The van der Waals surface area contributed by atoms with Gasteiger partial charge in [0.15, 0.2) is 0 Å². The van der Waals surface area contributed by atoms with Crippen LogP contribution in [0.25, 0.3) is 0 Å². The molecule has 0 saturated heterocycles. The smallest absolute Gasteiger partial charge is 0.125 e. The van der Waals surface area contributed by atoms with Crippen molar-refractivity contribution < 1.29 is 4.74 Å². The van der Waals surface area contributed by atoms with Crippen LogP contribution >= 0.6 is 15.9 Å². The maximum absolute atomic E-state index is 5.37. The molecule has 0 atom stereocenters. The number of hydrogen-bond donors (Lipinski definition) is 0. The van der Waals surface area contributed by atoms with Crippen molar-refractivity contribution in [2.45, 2.75) is 26.7 Å². The van der Waals surface area contributed by atoms with E-state index in [0.717, 1.165) is 10.2 Å². The Hall–Kier alpha value is -0.500. The van der Waals surface area contributed by atoms with E-state index < -0.39 is 0 Å². The van der Waals surface area contributed by atoms with Crippen LogP contribution in [0.4, 0.5) is 0 Å². The first-order valence-electron chi connectivity index (χ1n) is 4.40. The lowest BCUT2D eigenvalue weighted by molar-refractivity contribution is 0.404. The third-order valence-corrected chi connectivity index (χ3v) is 2.55. The molecule has 1 aromatic rings. The van der Waals surface area contributed by atoms with Crippen molar-refractivity contribution in [2.75, 3.05) is 7.11 Å². The van der Waals surface area contributed by atoms with E-state index in [2.05, 4.69) is 48.8 Å². The first kappa shape index (κ1) is 10.6. The number of benzene rings is 1. The summed E-state index contributed by atoms with van der Waals surface area (Å²) in [6, 6.07) is 4.20. The second-order valence-electron chi connectivity index (χ2n) is 3.50. The zero-order valence-corrected chi connectivity index (χ0v) is 10.1. The average molecular weight is 243 g/mol. The van der Waals surface area contributed by atoms with Crippen molar-refractivity contribution in [1.82, 2.24) is 0 Å². The van der Waals surface area contributed by atoms with Crippen molar-refractivity contribution in [2.24, 2.45) is 0 Å². The number of ether oxygens (including phenoxy) is 1. The summed E-state index contributed by atoms with van der Waals surface area (Å²) in [6.45, 7) is 6.41. The van der Waals surface area contributed by atoms with Gasteiger partial charge in [-0.05, 0) is 36.1 Å². The fourth-order valence-electron chi connectivity index (χ4n) is 1.46. The molecular formula is C11H15BrO. The van der Waals surface area contributed by atoms with Crippen molar-refractivity contribution in [3.8, 4) is 5.75 Å². The molecule has 0 saturated carbocycles. The number of halogens is 1. The fourth-order valence-corrected chi connectivity index (χ4v) is 2.05. The quantitative estimate of drug-likeness (QED) is 0.765. The van der Waals surface area contributed by atoms with Crippen LogP contribution in [0.1, 0.15) is 30.9 Å². The molecule has 1 nitrogen and oxygen atoms in total. The summed E-state index contributed by atoms with van der Waals surface area (Å²) in [5.74, 6) is 1.50. The van der Waals surface area contributed by atoms with E-state index in [1.807, 2.05) is 0 Å². The Bertz CT molecular complexity index is 305. The molecule has 72 valence electrons. The van der Waals surface area contributed by atoms with Gasteiger partial charge in [-0.15, -0.1) is 0 Å². The Morgan fingerprint density at radius 3 is 2.38 bits per heavy atom. The molecule has 0 unspecified atom stereocenters. The van der Waals surface area contributed by atoms with Crippen LogP contribution in [0.2, 0.25) is 0 Å². The van der Waals surface area contributed by atoms with Crippen LogP contribution in [-0.2, 0) is 0 Å². The Balaban J connectivity index is 3.29. The van der Waals surface area contributed by atoms with Crippen molar-refractivity contribution in [3.63, 3.8) is 0 Å². The maximum atomic E-state index is 5.37. The Morgan fingerprint density at radius 2 is 1.92 bits per heavy atom. The van der Waals surface area contributed by atoms with E-state index in [1.54, 1.807) is 7.11 Å². The van der Waals surface area contributed by atoms with Gasteiger partial charge in [0.2, 0.25) is 0 Å². The van der Waals surface area contributed by atoms with E-state index >= 15 is 0 Å². The lowest BCUT2D eigenvalue weighted by Crippen LogP contribution is -1.96. The summed E-state index contributed by atoms with van der Waals surface area (Å²) in [5, 5.41) is 0. The first-order valence-corrected chi connectivity index (χ1v) is 5.19. The Labute approximate surface area is 88.2 Å². The zero-order chi connectivity index (χ0) is 10.0. The van der Waals surface area contributed by atoms with Gasteiger partial charge in [-0.1, -0.05) is 29.8 Å². The second kappa shape index (κ2) is 4.14. The van der Waals surface area contributed by atoms with Crippen LogP contribution < -0.4 is 4.74 Å². The molecular weight excluding hydrogens is 228 g/mol. The number of rotatable bonds is 2. The Morgan fingerprint density at radius 1 is 1.31 bits per heavy atom. The second-order valence-corrected chi connectivity index (χ2v) is 4.42. The summed E-state index contributed by atoms with van der Waals surface area (Å²) in [7, 11) is 1.72. The van der Waals surface area contributed by atoms with Crippen LogP contribution in [0.15, 0.2) is 16.6 Å². The molecule has 0 N–H and O–H groups in total. The molecule has 13 heavy (non-hydrogen) atoms. The minimum absolute atomic E-state index is 0.492. The van der Waals surface area contributed by atoms with Gasteiger partial charge in [-0.2, -0.15) is 0 Å². The minimum atomic E-state index is 0.492. The monoisotopic (exact) mass is 242 g/mol. The molecule has 2 heteroatoms.